The summed E-state index contributed by atoms with van der Waals surface area (Å²) in [5.41, 5.74) is 0. The molecule has 0 nitrogen and oxygen atoms in total. The molecule has 1 aliphatic rings. The van der Waals surface area contributed by atoms with Gasteiger partial charge in [0.2, 0.25) is 0 Å². The van der Waals surface area contributed by atoms with Gasteiger partial charge in [0.15, 0.2) is 0 Å². The molecule has 0 aromatic rings. The number of hydrogen-bond acceptors (Lipinski definition) is 0. The van der Waals surface area contributed by atoms with Crippen LogP contribution in [0.5, 0.6) is 0 Å². The van der Waals surface area contributed by atoms with Gasteiger partial charge in [0.25, 0.3) is 0 Å². The Labute approximate surface area is 78.9 Å². The van der Waals surface area contributed by atoms with Crippen molar-refractivity contribution in [2.45, 2.75) is 45.4 Å². The van der Waals surface area contributed by atoms with E-state index in [9.17, 15) is 0 Å². The van der Waals surface area contributed by atoms with E-state index < -0.39 is 0 Å². The van der Waals surface area contributed by atoms with E-state index in [1.54, 1.807) is 0 Å². The predicted molar refractivity (Wildman–Crippen MR) is 54.2 cm³/mol. The van der Waals surface area contributed by atoms with Gasteiger partial charge >= 0.3 is 0 Å². The molecule has 1 heteroatoms. The molecule has 0 aromatic carbocycles. The molecule has 0 radical (unpaired) electrons. The predicted octanol–water partition coefficient (Wildman–Crippen LogP) is 3.99. The molecule has 0 N–H and O–H groups in total. The van der Waals surface area contributed by atoms with E-state index in [2.05, 4.69) is 22.9 Å². The maximum atomic E-state index is 3.63. The minimum atomic E-state index is 0.975. The number of rotatable bonds is 2. The molecular weight excluding hydrogens is 200 g/mol. The van der Waals surface area contributed by atoms with Crippen LogP contribution in [0, 0.1) is 11.8 Å². The Bertz CT molecular complexity index is 89.0. The first-order valence-electron chi connectivity index (χ1n) is 4.94. The first-order valence-corrected chi connectivity index (χ1v) is 6.06. The second-order valence-corrected chi connectivity index (χ2v) is 4.37. The summed E-state index contributed by atoms with van der Waals surface area (Å²) in [5, 5.41) is 1.23. The highest BCUT2D eigenvalue weighted by Gasteiger charge is 2.20. The van der Waals surface area contributed by atoms with Gasteiger partial charge in [0.05, 0.1) is 0 Å². The third-order valence-corrected chi connectivity index (χ3v) is 3.87. The zero-order valence-electron chi connectivity index (χ0n) is 7.48. The van der Waals surface area contributed by atoms with Crippen LogP contribution in [0.2, 0.25) is 0 Å². The summed E-state index contributed by atoms with van der Waals surface area (Å²) in [5.74, 6) is 1.99. The van der Waals surface area contributed by atoms with Gasteiger partial charge in [-0.15, -0.1) is 0 Å². The van der Waals surface area contributed by atoms with E-state index in [1.165, 1.54) is 43.9 Å². The lowest BCUT2D eigenvalue weighted by Crippen LogP contribution is -2.13. The van der Waals surface area contributed by atoms with Gasteiger partial charge in [-0.2, -0.15) is 0 Å². The van der Waals surface area contributed by atoms with Crippen LogP contribution in [0.4, 0.5) is 0 Å². The minimum absolute atomic E-state index is 0.975. The van der Waals surface area contributed by atoms with E-state index in [1.807, 2.05) is 0 Å². The maximum Gasteiger partial charge on any atom is 0.00623 e. The van der Waals surface area contributed by atoms with Gasteiger partial charge in [-0.1, -0.05) is 55.0 Å². The van der Waals surface area contributed by atoms with Crippen LogP contribution in [-0.2, 0) is 0 Å². The SMILES string of the molecule is CCC1CCCCCC1CBr. The van der Waals surface area contributed by atoms with Crippen molar-refractivity contribution in [2.75, 3.05) is 5.33 Å². The van der Waals surface area contributed by atoms with E-state index in [0.29, 0.717) is 0 Å². The molecule has 0 saturated heterocycles. The summed E-state index contributed by atoms with van der Waals surface area (Å²) in [6.07, 6.45) is 8.74. The van der Waals surface area contributed by atoms with Gasteiger partial charge in [-0.3, -0.25) is 0 Å². The van der Waals surface area contributed by atoms with E-state index in [4.69, 9.17) is 0 Å². The molecule has 66 valence electrons. The highest BCUT2D eigenvalue weighted by molar-refractivity contribution is 9.09. The number of halogens is 1. The summed E-state index contributed by atoms with van der Waals surface area (Å²) < 4.78 is 0. The first-order chi connectivity index (χ1) is 5.38. The largest absolute Gasteiger partial charge is 0.0925 e. The van der Waals surface area contributed by atoms with Crippen LogP contribution < -0.4 is 0 Å². The van der Waals surface area contributed by atoms with Crippen LogP contribution >= 0.6 is 15.9 Å². The summed E-state index contributed by atoms with van der Waals surface area (Å²) in [7, 11) is 0. The van der Waals surface area contributed by atoms with Gasteiger partial charge < -0.3 is 0 Å². The maximum absolute atomic E-state index is 3.63. The van der Waals surface area contributed by atoms with Crippen LogP contribution in [0.1, 0.15) is 45.4 Å². The zero-order valence-corrected chi connectivity index (χ0v) is 9.07. The van der Waals surface area contributed by atoms with Crippen LogP contribution in [0.3, 0.4) is 0 Å². The average Bonchev–Trinajstić information content (AvgIpc) is 2.27. The second-order valence-electron chi connectivity index (χ2n) is 3.72. The molecule has 2 unspecified atom stereocenters. The van der Waals surface area contributed by atoms with Crippen LogP contribution in [0.15, 0.2) is 0 Å². The fourth-order valence-electron chi connectivity index (χ4n) is 2.20. The summed E-state index contributed by atoms with van der Waals surface area (Å²) in [6, 6.07) is 0. The summed E-state index contributed by atoms with van der Waals surface area (Å²) in [6.45, 7) is 2.34. The Morgan fingerprint density at radius 3 is 2.27 bits per heavy atom. The Hall–Kier alpha value is 0.480. The van der Waals surface area contributed by atoms with E-state index in [-0.39, 0.29) is 0 Å². The van der Waals surface area contributed by atoms with Crippen molar-refractivity contribution in [3.05, 3.63) is 0 Å². The standard InChI is InChI=1S/C10H19Br/c1-2-9-6-4-3-5-7-10(9)8-11/h9-10H,2-8H2,1H3. The van der Waals surface area contributed by atoms with Crippen molar-refractivity contribution in [3.63, 3.8) is 0 Å². The van der Waals surface area contributed by atoms with Crippen molar-refractivity contribution in [2.24, 2.45) is 11.8 Å². The smallest absolute Gasteiger partial charge is 0.00623 e. The molecule has 0 spiro atoms. The highest BCUT2D eigenvalue weighted by Crippen LogP contribution is 2.31. The molecule has 0 aliphatic heterocycles. The molecule has 11 heavy (non-hydrogen) atoms. The lowest BCUT2D eigenvalue weighted by atomic mass is 9.88. The fourth-order valence-corrected chi connectivity index (χ4v) is 3.05. The Morgan fingerprint density at radius 1 is 1.09 bits per heavy atom. The number of alkyl halides is 1. The van der Waals surface area contributed by atoms with Crippen LogP contribution in [-0.4, -0.2) is 5.33 Å². The molecule has 0 bridgehead atoms. The second kappa shape index (κ2) is 5.18. The molecule has 0 heterocycles. The summed E-state index contributed by atoms with van der Waals surface area (Å²) >= 11 is 3.63. The normalized spacial score (nSPS) is 33.3. The van der Waals surface area contributed by atoms with E-state index in [0.717, 1.165) is 11.8 Å². The van der Waals surface area contributed by atoms with Crippen molar-refractivity contribution < 1.29 is 0 Å². The van der Waals surface area contributed by atoms with Gasteiger partial charge in [-0.05, 0) is 18.3 Å². The summed E-state index contributed by atoms with van der Waals surface area (Å²) in [4.78, 5) is 0. The third kappa shape index (κ3) is 2.77. The van der Waals surface area contributed by atoms with Gasteiger partial charge in [0, 0.05) is 5.33 Å². The Morgan fingerprint density at radius 2 is 1.73 bits per heavy atom. The number of hydrogen-bond donors (Lipinski definition) is 0. The Kier molecular flexibility index (Phi) is 4.51. The molecule has 0 amide bonds. The topological polar surface area (TPSA) is 0 Å². The first kappa shape index (κ1) is 9.57. The average molecular weight is 219 g/mol. The molecule has 1 saturated carbocycles. The van der Waals surface area contributed by atoms with Crippen molar-refractivity contribution in [1.29, 1.82) is 0 Å². The lowest BCUT2D eigenvalue weighted by Gasteiger charge is -2.21. The zero-order chi connectivity index (χ0) is 8.10. The third-order valence-electron chi connectivity index (χ3n) is 3.04. The van der Waals surface area contributed by atoms with Crippen molar-refractivity contribution in [3.8, 4) is 0 Å². The van der Waals surface area contributed by atoms with Crippen molar-refractivity contribution >= 4 is 15.9 Å². The molecular formula is C10H19Br. The quantitative estimate of drug-likeness (QED) is 0.486. The molecule has 0 aromatic heterocycles. The highest BCUT2D eigenvalue weighted by atomic mass is 79.9. The molecule has 1 rings (SSSR count). The molecule has 1 fully saturated rings. The Balaban J connectivity index is 2.41. The lowest BCUT2D eigenvalue weighted by molar-refractivity contribution is 0.335. The monoisotopic (exact) mass is 218 g/mol. The molecule has 1 aliphatic carbocycles. The molecule has 2 atom stereocenters. The van der Waals surface area contributed by atoms with Gasteiger partial charge in [-0.25, -0.2) is 0 Å². The van der Waals surface area contributed by atoms with Crippen molar-refractivity contribution in [1.82, 2.24) is 0 Å². The van der Waals surface area contributed by atoms with Gasteiger partial charge in [0.1, 0.15) is 0 Å². The fraction of sp³-hybridized carbons (Fsp3) is 1.00. The van der Waals surface area contributed by atoms with E-state index >= 15 is 0 Å². The minimum Gasteiger partial charge on any atom is -0.0925 e. The van der Waals surface area contributed by atoms with Crippen LogP contribution in [0.25, 0.3) is 0 Å².